The van der Waals surface area contributed by atoms with E-state index in [1.165, 1.54) is 0 Å². The number of carboxylic acid groups (broad SMARTS) is 1. The summed E-state index contributed by atoms with van der Waals surface area (Å²) < 4.78 is 0. The molecule has 1 aromatic carbocycles. The molecule has 0 unspecified atom stereocenters. The van der Waals surface area contributed by atoms with Gasteiger partial charge in [-0.05, 0) is 31.9 Å². The van der Waals surface area contributed by atoms with Gasteiger partial charge in [0.2, 0.25) is 0 Å². The van der Waals surface area contributed by atoms with Crippen molar-refractivity contribution in [3.63, 3.8) is 0 Å². The zero-order valence-corrected chi connectivity index (χ0v) is 8.82. The molecule has 15 heavy (non-hydrogen) atoms. The molecular weight excluding hydrogens is 190 g/mol. The molecule has 0 aromatic heterocycles. The molecule has 0 radical (unpaired) electrons. The van der Waals surface area contributed by atoms with Gasteiger partial charge in [-0.15, -0.1) is 0 Å². The molecule has 0 saturated heterocycles. The van der Waals surface area contributed by atoms with Crippen molar-refractivity contribution in [1.82, 2.24) is 0 Å². The highest BCUT2D eigenvalue weighted by molar-refractivity contribution is 5.74. The van der Waals surface area contributed by atoms with Crippen molar-refractivity contribution in [1.29, 1.82) is 5.26 Å². The third kappa shape index (κ3) is 2.57. The van der Waals surface area contributed by atoms with E-state index in [2.05, 4.69) is 6.07 Å². The topological polar surface area (TPSA) is 61.1 Å². The molecule has 0 spiro atoms. The van der Waals surface area contributed by atoms with Crippen LogP contribution in [0, 0.1) is 16.7 Å². The number of hydrogen-bond acceptors (Lipinski definition) is 2. The first-order chi connectivity index (χ1) is 6.97. The number of aliphatic carboxylic acids is 1. The molecule has 78 valence electrons. The zero-order valence-electron chi connectivity index (χ0n) is 8.82. The van der Waals surface area contributed by atoms with Crippen molar-refractivity contribution in [2.75, 3.05) is 0 Å². The molecule has 0 amide bonds. The Balaban J connectivity index is 3.00. The summed E-state index contributed by atoms with van der Waals surface area (Å²) in [5.74, 6) is -0.852. The van der Waals surface area contributed by atoms with Crippen LogP contribution in [0.25, 0.3) is 0 Å². The van der Waals surface area contributed by atoms with Crippen molar-refractivity contribution in [3.8, 4) is 6.07 Å². The van der Waals surface area contributed by atoms with Gasteiger partial charge in [0.25, 0.3) is 0 Å². The van der Waals surface area contributed by atoms with Crippen LogP contribution < -0.4 is 0 Å². The normalized spacial score (nSPS) is 10.7. The first-order valence-electron chi connectivity index (χ1n) is 4.69. The maximum atomic E-state index is 10.9. The standard InChI is InChI=1S/C12H13NO2/c1-12(2,11(14)15)7-9-5-3-4-6-10(9)8-13/h3-6H,7H2,1-2H3,(H,14,15). The predicted octanol–water partition coefficient (Wildman–Crippen LogP) is 2.21. The number of carboxylic acids is 1. The van der Waals surface area contributed by atoms with Crippen molar-refractivity contribution in [3.05, 3.63) is 35.4 Å². The van der Waals surface area contributed by atoms with Crippen LogP contribution in [-0.4, -0.2) is 11.1 Å². The highest BCUT2D eigenvalue weighted by Gasteiger charge is 2.28. The number of carbonyl (C=O) groups is 1. The van der Waals surface area contributed by atoms with Crippen LogP contribution in [0.4, 0.5) is 0 Å². The van der Waals surface area contributed by atoms with Crippen molar-refractivity contribution in [2.24, 2.45) is 5.41 Å². The molecule has 0 aliphatic carbocycles. The SMILES string of the molecule is CC(C)(Cc1ccccc1C#N)C(=O)O. The molecule has 3 nitrogen and oxygen atoms in total. The van der Waals surface area contributed by atoms with Crippen LogP contribution in [0.15, 0.2) is 24.3 Å². The Labute approximate surface area is 89.0 Å². The third-order valence-electron chi connectivity index (χ3n) is 2.35. The minimum Gasteiger partial charge on any atom is -0.481 e. The summed E-state index contributed by atoms with van der Waals surface area (Å²) in [6.07, 6.45) is 0.367. The lowest BCUT2D eigenvalue weighted by atomic mass is 9.84. The second kappa shape index (κ2) is 4.14. The van der Waals surface area contributed by atoms with E-state index in [0.717, 1.165) is 5.56 Å². The Hall–Kier alpha value is -1.82. The molecule has 0 atom stereocenters. The average molecular weight is 203 g/mol. The molecule has 0 aliphatic heterocycles. The van der Waals surface area contributed by atoms with Crippen molar-refractivity contribution < 1.29 is 9.90 Å². The Morgan fingerprint density at radius 2 is 2.07 bits per heavy atom. The van der Waals surface area contributed by atoms with Gasteiger partial charge in [-0.2, -0.15) is 5.26 Å². The second-order valence-electron chi connectivity index (χ2n) is 4.13. The lowest BCUT2D eigenvalue weighted by Crippen LogP contribution is -2.26. The van der Waals surface area contributed by atoms with E-state index in [1.807, 2.05) is 6.07 Å². The van der Waals surface area contributed by atoms with Gasteiger partial charge in [0.05, 0.1) is 17.0 Å². The summed E-state index contributed by atoms with van der Waals surface area (Å²) >= 11 is 0. The van der Waals surface area contributed by atoms with Crippen LogP contribution in [0.3, 0.4) is 0 Å². The predicted molar refractivity (Wildman–Crippen MR) is 56.3 cm³/mol. The summed E-state index contributed by atoms with van der Waals surface area (Å²) in [5.41, 5.74) is 0.492. The Morgan fingerprint density at radius 1 is 1.47 bits per heavy atom. The Bertz CT molecular complexity index is 416. The summed E-state index contributed by atoms with van der Waals surface area (Å²) in [6, 6.07) is 9.15. The number of rotatable bonds is 3. The molecule has 0 saturated carbocycles. The van der Waals surface area contributed by atoms with Crippen LogP contribution in [-0.2, 0) is 11.2 Å². The largest absolute Gasteiger partial charge is 0.481 e. The number of hydrogen-bond donors (Lipinski definition) is 1. The zero-order chi connectivity index (χ0) is 11.5. The molecular formula is C12H13NO2. The monoisotopic (exact) mass is 203 g/mol. The van der Waals surface area contributed by atoms with E-state index < -0.39 is 11.4 Å². The highest BCUT2D eigenvalue weighted by Crippen LogP contribution is 2.23. The summed E-state index contributed by atoms with van der Waals surface area (Å²) in [6.45, 7) is 3.31. The lowest BCUT2D eigenvalue weighted by Gasteiger charge is -2.19. The molecule has 3 heteroatoms. The van der Waals surface area contributed by atoms with Gasteiger partial charge < -0.3 is 5.11 Å². The van der Waals surface area contributed by atoms with E-state index in [0.29, 0.717) is 12.0 Å². The van der Waals surface area contributed by atoms with Gasteiger partial charge in [0.15, 0.2) is 0 Å². The lowest BCUT2D eigenvalue weighted by molar-refractivity contribution is -0.146. The Kier molecular flexibility index (Phi) is 3.11. The number of benzene rings is 1. The van der Waals surface area contributed by atoms with Crippen LogP contribution in [0.5, 0.6) is 0 Å². The first kappa shape index (κ1) is 11.3. The summed E-state index contributed by atoms with van der Waals surface area (Å²) in [5, 5.41) is 17.8. The smallest absolute Gasteiger partial charge is 0.309 e. The molecule has 1 aromatic rings. The maximum absolute atomic E-state index is 10.9. The minimum atomic E-state index is -0.852. The Morgan fingerprint density at radius 3 is 2.60 bits per heavy atom. The van der Waals surface area contributed by atoms with E-state index in [-0.39, 0.29) is 0 Å². The van der Waals surface area contributed by atoms with E-state index in [1.54, 1.807) is 32.0 Å². The van der Waals surface area contributed by atoms with E-state index in [9.17, 15) is 4.79 Å². The number of nitriles is 1. The van der Waals surface area contributed by atoms with E-state index in [4.69, 9.17) is 10.4 Å². The summed E-state index contributed by atoms with van der Waals surface area (Å²) in [4.78, 5) is 10.9. The summed E-state index contributed by atoms with van der Waals surface area (Å²) in [7, 11) is 0. The second-order valence-corrected chi connectivity index (χ2v) is 4.13. The molecule has 0 heterocycles. The van der Waals surface area contributed by atoms with Crippen LogP contribution in [0.1, 0.15) is 25.0 Å². The van der Waals surface area contributed by atoms with Crippen LogP contribution >= 0.6 is 0 Å². The van der Waals surface area contributed by atoms with Crippen molar-refractivity contribution in [2.45, 2.75) is 20.3 Å². The minimum absolute atomic E-state index is 0.367. The van der Waals surface area contributed by atoms with E-state index >= 15 is 0 Å². The van der Waals surface area contributed by atoms with Gasteiger partial charge in [0, 0.05) is 0 Å². The maximum Gasteiger partial charge on any atom is 0.309 e. The van der Waals surface area contributed by atoms with Gasteiger partial charge in [-0.25, -0.2) is 0 Å². The fourth-order valence-electron chi connectivity index (χ4n) is 1.34. The quantitative estimate of drug-likeness (QED) is 0.819. The fraction of sp³-hybridized carbons (Fsp3) is 0.333. The molecule has 0 bridgehead atoms. The fourth-order valence-corrected chi connectivity index (χ4v) is 1.34. The highest BCUT2D eigenvalue weighted by atomic mass is 16.4. The average Bonchev–Trinajstić information content (AvgIpc) is 2.18. The first-order valence-corrected chi connectivity index (χ1v) is 4.69. The molecule has 0 fully saturated rings. The third-order valence-corrected chi connectivity index (χ3v) is 2.35. The van der Waals surface area contributed by atoms with Gasteiger partial charge >= 0.3 is 5.97 Å². The van der Waals surface area contributed by atoms with Crippen molar-refractivity contribution >= 4 is 5.97 Å². The van der Waals surface area contributed by atoms with Gasteiger partial charge in [-0.3, -0.25) is 4.79 Å². The molecule has 0 aliphatic rings. The number of nitrogens with zero attached hydrogens (tertiary/aromatic N) is 1. The van der Waals surface area contributed by atoms with Gasteiger partial charge in [0.1, 0.15) is 0 Å². The molecule has 1 rings (SSSR count). The van der Waals surface area contributed by atoms with Gasteiger partial charge in [-0.1, -0.05) is 18.2 Å². The molecule has 1 N–H and O–H groups in total. The van der Waals surface area contributed by atoms with Crippen LogP contribution in [0.2, 0.25) is 0 Å².